The molecule has 1 aliphatic rings. The van der Waals surface area contributed by atoms with Gasteiger partial charge >= 0.3 is 0 Å². The molecular formula is C14H23NO2S. The van der Waals surface area contributed by atoms with E-state index in [0.29, 0.717) is 5.41 Å². The van der Waals surface area contributed by atoms with Crippen LogP contribution in [0.15, 0.2) is 16.8 Å². The van der Waals surface area contributed by atoms with Gasteiger partial charge < -0.3 is 14.8 Å². The van der Waals surface area contributed by atoms with Crippen molar-refractivity contribution in [3.05, 3.63) is 22.4 Å². The minimum atomic E-state index is 0.368. The van der Waals surface area contributed by atoms with Gasteiger partial charge in [0.2, 0.25) is 0 Å². The van der Waals surface area contributed by atoms with Crippen LogP contribution in [0.2, 0.25) is 0 Å². The highest BCUT2D eigenvalue weighted by atomic mass is 32.1. The van der Waals surface area contributed by atoms with Crippen LogP contribution < -0.4 is 5.32 Å². The molecule has 1 aliphatic heterocycles. The van der Waals surface area contributed by atoms with Gasteiger partial charge in [-0.25, -0.2) is 0 Å². The van der Waals surface area contributed by atoms with Gasteiger partial charge in [0.15, 0.2) is 0 Å². The van der Waals surface area contributed by atoms with Crippen molar-refractivity contribution in [1.82, 2.24) is 5.32 Å². The van der Waals surface area contributed by atoms with Crippen LogP contribution in [0.1, 0.15) is 18.4 Å². The Bertz CT molecular complexity index is 321. The number of methoxy groups -OCH3 is 1. The first-order valence-corrected chi connectivity index (χ1v) is 7.57. The Kier molecular flexibility index (Phi) is 5.63. The fourth-order valence-electron chi connectivity index (χ4n) is 2.57. The molecule has 4 heteroatoms. The van der Waals surface area contributed by atoms with Crippen LogP contribution in [0.4, 0.5) is 0 Å². The summed E-state index contributed by atoms with van der Waals surface area (Å²) in [5.41, 5.74) is 1.84. The number of nitrogens with one attached hydrogen (secondary N) is 1. The zero-order valence-corrected chi connectivity index (χ0v) is 11.9. The third kappa shape index (κ3) is 4.05. The summed E-state index contributed by atoms with van der Waals surface area (Å²) in [4.78, 5) is 0. The zero-order chi connectivity index (χ0) is 12.7. The fraction of sp³-hybridized carbons (Fsp3) is 0.714. The van der Waals surface area contributed by atoms with Crippen LogP contribution in [-0.4, -0.2) is 40.0 Å². The van der Waals surface area contributed by atoms with Crippen molar-refractivity contribution >= 4 is 11.3 Å². The summed E-state index contributed by atoms with van der Waals surface area (Å²) in [5.74, 6) is 0. The molecule has 0 saturated carbocycles. The molecule has 0 amide bonds. The second-order valence-corrected chi connectivity index (χ2v) is 5.87. The van der Waals surface area contributed by atoms with Crippen molar-refractivity contribution in [2.45, 2.75) is 19.3 Å². The molecule has 18 heavy (non-hydrogen) atoms. The van der Waals surface area contributed by atoms with E-state index in [2.05, 4.69) is 22.1 Å². The maximum atomic E-state index is 5.52. The predicted molar refractivity (Wildman–Crippen MR) is 75.3 cm³/mol. The SMILES string of the molecule is COCCNCC1(Cc2ccsc2)CCOCC1. The van der Waals surface area contributed by atoms with Crippen molar-refractivity contribution in [2.75, 3.05) is 40.0 Å². The molecule has 1 saturated heterocycles. The Morgan fingerprint density at radius 3 is 2.94 bits per heavy atom. The van der Waals surface area contributed by atoms with Crippen LogP contribution in [0.5, 0.6) is 0 Å². The van der Waals surface area contributed by atoms with Crippen molar-refractivity contribution in [3.63, 3.8) is 0 Å². The average molecular weight is 269 g/mol. The summed E-state index contributed by atoms with van der Waals surface area (Å²) in [6.45, 7) is 4.58. The third-order valence-electron chi connectivity index (χ3n) is 3.70. The lowest BCUT2D eigenvalue weighted by molar-refractivity contribution is 0.0144. The lowest BCUT2D eigenvalue weighted by atomic mass is 9.75. The molecule has 0 unspecified atom stereocenters. The summed E-state index contributed by atoms with van der Waals surface area (Å²) in [5, 5.41) is 7.97. The molecule has 1 N–H and O–H groups in total. The number of hydrogen-bond donors (Lipinski definition) is 1. The first kappa shape index (κ1) is 14.0. The fourth-order valence-corrected chi connectivity index (χ4v) is 3.24. The molecule has 2 heterocycles. The monoisotopic (exact) mass is 269 g/mol. The van der Waals surface area contributed by atoms with Crippen LogP contribution in [0.25, 0.3) is 0 Å². The summed E-state index contributed by atoms with van der Waals surface area (Å²) in [6, 6.07) is 2.25. The van der Waals surface area contributed by atoms with E-state index in [4.69, 9.17) is 9.47 Å². The molecule has 102 valence electrons. The minimum absolute atomic E-state index is 0.368. The lowest BCUT2D eigenvalue weighted by Crippen LogP contribution is -2.41. The van der Waals surface area contributed by atoms with E-state index in [1.54, 1.807) is 18.4 Å². The van der Waals surface area contributed by atoms with Gasteiger partial charge in [-0.3, -0.25) is 0 Å². The Balaban J connectivity index is 1.89. The van der Waals surface area contributed by atoms with E-state index in [-0.39, 0.29) is 0 Å². The highest BCUT2D eigenvalue weighted by molar-refractivity contribution is 7.07. The van der Waals surface area contributed by atoms with E-state index >= 15 is 0 Å². The van der Waals surface area contributed by atoms with Gasteiger partial charge in [-0.1, -0.05) is 0 Å². The van der Waals surface area contributed by atoms with Crippen LogP contribution >= 0.6 is 11.3 Å². The van der Waals surface area contributed by atoms with E-state index in [1.165, 1.54) is 12.0 Å². The minimum Gasteiger partial charge on any atom is -0.383 e. The molecule has 0 aliphatic carbocycles. The molecule has 0 aromatic carbocycles. The molecule has 0 spiro atoms. The summed E-state index contributed by atoms with van der Waals surface area (Å²) in [7, 11) is 1.75. The number of ether oxygens (including phenoxy) is 2. The zero-order valence-electron chi connectivity index (χ0n) is 11.1. The highest BCUT2D eigenvalue weighted by Gasteiger charge is 2.32. The molecule has 0 bridgehead atoms. The Morgan fingerprint density at radius 1 is 1.44 bits per heavy atom. The van der Waals surface area contributed by atoms with Crippen LogP contribution in [0.3, 0.4) is 0 Å². The average Bonchev–Trinajstić information content (AvgIpc) is 2.89. The molecule has 0 atom stereocenters. The van der Waals surface area contributed by atoms with Crippen molar-refractivity contribution in [1.29, 1.82) is 0 Å². The van der Waals surface area contributed by atoms with Gasteiger partial charge in [-0.05, 0) is 47.1 Å². The summed E-state index contributed by atoms with van der Waals surface area (Å²) >= 11 is 1.79. The number of thiophene rings is 1. The molecule has 1 fully saturated rings. The Morgan fingerprint density at radius 2 is 2.28 bits per heavy atom. The second-order valence-electron chi connectivity index (χ2n) is 5.09. The summed E-state index contributed by atoms with van der Waals surface area (Å²) in [6.07, 6.45) is 3.48. The third-order valence-corrected chi connectivity index (χ3v) is 4.43. The van der Waals surface area contributed by atoms with Gasteiger partial charge in [0, 0.05) is 33.4 Å². The van der Waals surface area contributed by atoms with Crippen molar-refractivity contribution in [2.24, 2.45) is 5.41 Å². The van der Waals surface area contributed by atoms with Crippen molar-refractivity contribution in [3.8, 4) is 0 Å². The normalized spacial score (nSPS) is 18.9. The topological polar surface area (TPSA) is 30.5 Å². The lowest BCUT2D eigenvalue weighted by Gasteiger charge is -2.37. The smallest absolute Gasteiger partial charge is 0.0587 e. The van der Waals surface area contributed by atoms with Crippen molar-refractivity contribution < 1.29 is 9.47 Å². The van der Waals surface area contributed by atoms with Gasteiger partial charge in [0.05, 0.1) is 6.61 Å². The Hall–Kier alpha value is -0.420. The maximum absolute atomic E-state index is 5.52. The van der Waals surface area contributed by atoms with Gasteiger partial charge in [-0.2, -0.15) is 11.3 Å². The molecule has 0 radical (unpaired) electrons. The predicted octanol–water partition coefficient (Wildman–Crippen LogP) is 2.32. The maximum Gasteiger partial charge on any atom is 0.0587 e. The second kappa shape index (κ2) is 7.24. The first-order valence-electron chi connectivity index (χ1n) is 6.63. The number of hydrogen-bond acceptors (Lipinski definition) is 4. The molecule has 3 nitrogen and oxygen atoms in total. The van der Waals surface area contributed by atoms with Gasteiger partial charge in [0.25, 0.3) is 0 Å². The van der Waals surface area contributed by atoms with Crippen LogP contribution in [-0.2, 0) is 15.9 Å². The highest BCUT2D eigenvalue weighted by Crippen LogP contribution is 2.34. The summed E-state index contributed by atoms with van der Waals surface area (Å²) < 4.78 is 10.6. The number of rotatable bonds is 7. The van der Waals surface area contributed by atoms with Gasteiger partial charge in [0.1, 0.15) is 0 Å². The molecule has 2 rings (SSSR count). The van der Waals surface area contributed by atoms with E-state index in [1.807, 2.05) is 0 Å². The first-order chi connectivity index (χ1) is 8.85. The largest absolute Gasteiger partial charge is 0.383 e. The Labute approximate surface area is 113 Å². The molecule has 1 aromatic rings. The standard InChI is InChI=1S/C14H23NO2S/c1-16-8-5-15-12-14(3-6-17-7-4-14)10-13-2-9-18-11-13/h2,9,11,15H,3-8,10,12H2,1H3. The van der Waals surface area contributed by atoms with Gasteiger partial charge in [-0.15, -0.1) is 0 Å². The molecular weight excluding hydrogens is 246 g/mol. The van der Waals surface area contributed by atoms with Crippen LogP contribution in [0, 0.1) is 5.41 Å². The van der Waals surface area contributed by atoms with E-state index in [9.17, 15) is 0 Å². The van der Waals surface area contributed by atoms with E-state index < -0.39 is 0 Å². The molecule has 1 aromatic heterocycles. The van der Waals surface area contributed by atoms with E-state index in [0.717, 1.165) is 45.8 Å². The quantitative estimate of drug-likeness (QED) is 0.771.